The minimum Gasteiger partial charge on any atom is -0.380 e. The Bertz CT molecular complexity index is 245. The second-order valence-electron chi connectivity index (χ2n) is 3.32. The van der Waals surface area contributed by atoms with E-state index in [0.29, 0.717) is 39.3 Å². The van der Waals surface area contributed by atoms with Crippen LogP contribution >= 0.6 is 0 Å². The molecular formula is C8H18N2O3S. The van der Waals surface area contributed by atoms with Crippen molar-refractivity contribution in [1.82, 2.24) is 4.31 Å². The lowest BCUT2D eigenvalue weighted by Crippen LogP contribution is -2.35. The molecule has 0 atom stereocenters. The number of nitrogens with zero attached hydrogens (tertiary/aromatic N) is 1. The Morgan fingerprint density at radius 2 is 2.07 bits per heavy atom. The molecule has 0 radical (unpaired) electrons. The van der Waals surface area contributed by atoms with Gasteiger partial charge in [0.05, 0.1) is 12.4 Å². The molecule has 2 N–H and O–H groups in total. The van der Waals surface area contributed by atoms with Gasteiger partial charge in [-0.15, -0.1) is 0 Å². The smallest absolute Gasteiger partial charge is 0.214 e. The third-order valence-corrected chi connectivity index (χ3v) is 4.14. The zero-order valence-corrected chi connectivity index (χ0v) is 9.13. The summed E-state index contributed by atoms with van der Waals surface area (Å²) in [4.78, 5) is 0. The number of ether oxygens (including phenoxy) is 1. The van der Waals surface area contributed by atoms with Crippen LogP contribution in [0.15, 0.2) is 0 Å². The second kappa shape index (κ2) is 5.65. The highest BCUT2D eigenvalue weighted by Gasteiger charge is 2.22. The molecule has 5 nitrogen and oxygen atoms in total. The quantitative estimate of drug-likeness (QED) is 0.688. The van der Waals surface area contributed by atoms with E-state index in [0.717, 1.165) is 6.42 Å². The van der Waals surface area contributed by atoms with E-state index in [-0.39, 0.29) is 5.75 Å². The summed E-state index contributed by atoms with van der Waals surface area (Å²) in [5, 5.41) is 0. The lowest BCUT2D eigenvalue weighted by Gasteiger charge is -2.18. The molecule has 1 aliphatic rings. The number of nitrogens with two attached hydrogens (primary N) is 1. The van der Waals surface area contributed by atoms with Crippen molar-refractivity contribution in [1.29, 1.82) is 0 Å². The SMILES string of the molecule is NCCCS(=O)(=O)N1CCCOCC1. The average Bonchev–Trinajstić information content (AvgIpc) is 2.43. The van der Waals surface area contributed by atoms with Gasteiger partial charge in [-0.25, -0.2) is 8.42 Å². The topological polar surface area (TPSA) is 72.6 Å². The first kappa shape index (κ1) is 11.9. The Labute approximate surface area is 85.3 Å². The molecule has 0 spiro atoms. The molecule has 0 aliphatic carbocycles. The lowest BCUT2D eigenvalue weighted by atomic mass is 10.5. The van der Waals surface area contributed by atoms with Crippen LogP contribution in [0.3, 0.4) is 0 Å². The number of sulfonamides is 1. The van der Waals surface area contributed by atoms with Crippen molar-refractivity contribution in [3.05, 3.63) is 0 Å². The van der Waals surface area contributed by atoms with E-state index in [9.17, 15) is 8.42 Å². The minimum atomic E-state index is -3.10. The van der Waals surface area contributed by atoms with Crippen LogP contribution in [0.4, 0.5) is 0 Å². The van der Waals surface area contributed by atoms with Gasteiger partial charge in [0.25, 0.3) is 0 Å². The van der Waals surface area contributed by atoms with Crippen LogP contribution in [0, 0.1) is 0 Å². The van der Waals surface area contributed by atoms with Crippen LogP contribution in [0.5, 0.6) is 0 Å². The summed E-state index contributed by atoms with van der Waals surface area (Å²) in [6, 6.07) is 0. The van der Waals surface area contributed by atoms with Crippen molar-refractivity contribution in [2.24, 2.45) is 5.73 Å². The average molecular weight is 222 g/mol. The largest absolute Gasteiger partial charge is 0.380 e. The minimum absolute atomic E-state index is 0.156. The van der Waals surface area contributed by atoms with E-state index in [2.05, 4.69) is 0 Å². The predicted molar refractivity (Wildman–Crippen MR) is 54.5 cm³/mol. The number of hydrogen-bond donors (Lipinski definition) is 1. The third-order valence-electron chi connectivity index (χ3n) is 2.18. The van der Waals surface area contributed by atoms with Gasteiger partial charge in [-0.1, -0.05) is 0 Å². The van der Waals surface area contributed by atoms with Crippen molar-refractivity contribution >= 4 is 10.0 Å². The van der Waals surface area contributed by atoms with Crippen molar-refractivity contribution in [3.63, 3.8) is 0 Å². The van der Waals surface area contributed by atoms with Gasteiger partial charge in [-0.2, -0.15) is 4.31 Å². The van der Waals surface area contributed by atoms with Crippen LogP contribution in [0.25, 0.3) is 0 Å². The maximum atomic E-state index is 11.7. The fourth-order valence-electron chi connectivity index (χ4n) is 1.40. The molecule has 0 aromatic rings. The van der Waals surface area contributed by atoms with Gasteiger partial charge in [-0.3, -0.25) is 0 Å². The van der Waals surface area contributed by atoms with Crippen LogP contribution in [0.1, 0.15) is 12.8 Å². The molecule has 0 saturated carbocycles. The molecule has 84 valence electrons. The molecule has 0 aromatic carbocycles. The summed E-state index contributed by atoms with van der Waals surface area (Å²) in [7, 11) is -3.10. The van der Waals surface area contributed by atoms with Crippen LogP contribution in [-0.2, 0) is 14.8 Å². The summed E-state index contributed by atoms with van der Waals surface area (Å²) < 4.78 is 30.1. The molecular weight excluding hydrogens is 204 g/mol. The first-order valence-electron chi connectivity index (χ1n) is 4.92. The highest BCUT2D eigenvalue weighted by Crippen LogP contribution is 2.07. The molecule has 0 amide bonds. The Morgan fingerprint density at radius 3 is 2.79 bits per heavy atom. The van der Waals surface area contributed by atoms with E-state index in [1.54, 1.807) is 0 Å². The molecule has 1 saturated heterocycles. The van der Waals surface area contributed by atoms with E-state index in [1.807, 2.05) is 0 Å². The predicted octanol–water partition coefficient (Wildman–Crippen LogP) is -0.613. The van der Waals surface area contributed by atoms with Crippen LogP contribution < -0.4 is 5.73 Å². The lowest BCUT2D eigenvalue weighted by molar-refractivity contribution is 0.148. The molecule has 6 heteroatoms. The van der Waals surface area contributed by atoms with Gasteiger partial charge in [0.2, 0.25) is 10.0 Å². The van der Waals surface area contributed by atoms with Gasteiger partial charge < -0.3 is 10.5 Å². The van der Waals surface area contributed by atoms with E-state index in [4.69, 9.17) is 10.5 Å². The van der Waals surface area contributed by atoms with E-state index >= 15 is 0 Å². The monoisotopic (exact) mass is 222 g/mol. The standard InChI is InChI=1S/C8H18N2O3S/c9-3-1-8-14(11,12)10-4-2-6-13-7-5-10/h1-9H2. The Balaban J connectivity index is 2.51. The molecule has 1 heterocycles. The van der Waals surface area contributed by atoms with Crippen molar-refractivity contribution < 1.29 is 13.2 Å². The van der Waals surface area contributed by atoms with Crippen LogP contribution in [0.2, 0.25) is 0 Å². The maximum Gasteiger partial charge on any atom is 0.214 e. The van der Waals surface area contributed by atoms with E-state index in [1.165, 1.54) is 4.31 Å². The highest BCUT2D eigenvalue weighted by molar-refractivity contribution is 7.89. The summed E-state index contributed by atoms with van der Waals surface area (Å²) in [5.74, 6) is 0.156. The normalized spacial score (nSPS) is 20.6. The summed E-state index contributed by atoms with van der Waals surface area (Å²) in [6.07, 6.45) is 1.31. The second-order valence-corrected chi connectivity index (χ2v) is 5.41. The molecule has 0 unspecified atom stereocenters. The highest BCUT2D eigenvalue weighted by atomic mass is 32.2. The molecule has 0 aromatic heterocycles. The fraction of sp³-hybridized carbons (Fsp3) is 1.00. The Morgan fingerprint density at radius 1 is 1.29 bits per heavy atom. The Hall–Kier alpha value is -0.170. The Kier molecular flexibility index (Phi) is 4.80. The van der Waals surface area contributed by atoms with Crippen LogP contribution in [-0.4, -0.2) is 51.3 Å². The van der Waals surface area contributed by atoms with Crippen molar-refractivity contribution in [3.8, 4) is 0 Å². The maximum absolute atomic E-state index is 11.7. The fourth-order valence-corrected chi connectivity index (χ4v) is 2.95. The molecule has 1 aliphatic heterocycles. The molecule has 14 heavy (non-hydrogen) atoms. The summed E-state index contributed by atoms with van der Waals surface area (Å²) >= 11 is 0. The molecule has 1 rings (SSSR count). The van der Waals surface area contributed by atoms with Crippen molar-refractivity contribution in [2.45, 2.75) is 12.8 Å². The van der Waals surface area contributed by atoms with Gasteiger partial charge >= 0.3 is 0 Å². The first-order chi connectivity index (χ1) is 6.67. The van der Waals surface area contributed by atoms with Gasteiger partial charge in [0.15, 0.2) is 0 Å². The number of rotatable bonds is 4. The summed E-state index contributed by atoms with van der Waals surface area (Å²) in [5.41, 5.74) is 5.29. The first-order valence-corrected chi connectivity index (χ1v) is 6.53. The third kappa shape index (κ3) is 3.53. The zero-order valence-electron chi connectivity index (χ0n) is 8.31. The van der Waals surface area contributed by atoms with Gasteiger partial charge in [0, 0.05) is 19.7 Å². The molecule has 0 bridgehead atoms. The number of hydrogen-bond acceptors (Lipinski definition) is 4. The summed E-state index contributed by atoms with van der Waals surface area (Å²) in [6.45, 7) is 2.63. The van der Waals surface area contributed by atoms with Gasteiger partial charge in [0.1, 0.15) is 0 Å². The zero-order chi connectivity index (χ0) is 10.4. The van der Waals surface area contributed by atoms with Crippen molar-refractivity contribution in [2.75, 3.05) is 38.6 Å². The molecule has 1 fully saturated rings. The van der Waals surface area contributed by atoms with Gasteiger partial charge in [-0.05, 0) is 19.4 Å². The van der Waals surface area contributed by atoms with E-state index < -0.39 is 10.0 Å².